The quantitative estimate of drug-likeness (QED) is 0.201. The molecule has 2 atom stereocenters. The minimum Gasteiger partial charge on any atom is -0.461 e. The minimum atomic E-state index is -2.67. The molecule has 1 amide bonds. The number of carbonyl (C=O) groups excluding carboxylic acids is 1. The molecule has 264 valence electrons. The van der Waals surface area contributed by atoms with Gasteiger partial charge < -0.3 is 18.9 Å². The minimum absolute atomic E-state index is 0.0355. The summed E-state index contributed by atoms with van der Waals surface area (Å²) in [5, 5.41) is 2.84. The fourth-order valence-electron chi connectivity index (χ4n) is 8.67. The molecule has 0 unspecified atom stereocenters. The molecular formula is C38H46FN6O4P. The summed E-state index contributed by atoms with van der Waals surface area (Å²) in [7, 11) is -2.67. The van der Waals surface area contributed by atoms with Crippen LogP contribution < -0.4 is 14.9 Å². The lowest BCUT2D eigenvalue weighted by molar-refractivity contribution is 0.0122. The molecule has 2 bridgehead atoms. The Hall–Kier alpha value is -3.82. The fourth-order valence-corrected chi connectivity index (χ4v) is 9.56. The van der Waals surface area contributed by atoms with Crippen molar-refractivity contribution in [3.05, 3.63) is 48.4 Å². The van der Waals surface area contributed by atoms with E-state index in [0.717, 1.165) is 62.4 Å². The van der Waals surface area contributed by atoms with E-state index in [1.807, 2.05) is 56.0 Å². The van der Waals surface area contributed by atoms with Gasteiger partial charge in [-0.2, -0.15) is 9.97 Å². The Labute approximate surface area is 292 Å². The number of nitrogens with zero attached hydrogens (tertiary/aromatic N) is 6. The third-order valence-corrected chi connectivity index (χ3v) is 12.5. The largest absolute Gasteiger partial charge is 0.461 e. The van der Waals surface area contributed by atoms with E-state index in [1.54, 1.807) is 25.6 Å². The van der Waals surface area contributed by atoms with Gasteiger partial charge >= 0.3 is 12.1 Å². The molecule has 0 N–H and O–H groups in total. The van der Waals surface area contributed by atoms with Gasteiger partial charge in [-0.1, -0.05) is 24.3 Å². The molecule has 0 aliphatic carbocycles. The predicted molar refractivity (Wildman–Crippen MR) is 195 cm³/mol. The number of fused-ring (bicyclic) bond motifs is 5. The van der Waals surface area contributed by atoms with Gasteiger partial charge in [0, 0.05) is 30.2 Å². The molecule has 12 heteroatoms. The monoisotopic (exact) mass is 700 g/mol. The third-order valence-electron chi connectivity index (χ3n) is 11.0. The van der Waals surface area contributed by atoms with E-state index in [4.69, 9.17) is 24.4 Å². The molecule has 4 fully saturated rings. The van der Waals surface area contributed by atoms with E-state index in [0.29, 0.717) is 41.8 Å². The number of anilines is 1. The molecule has 4 aliphatic heterocycles. The van der Waals surface area contributed by atoms with Crippen LogP contribution in [0.2, 0.25) is 0 Å². The van der Waals surface area contributed by atoms with Crippen LogP contribution in [0.4, 0.5) is 15.0 Å². The lowest BCUT2D eigenvalue weighted by Crippen LogP contribution is -2.57. The second-order valence-corrected chi connectivity index (χ2v) is 19.2. The summed E-state index contributed by atoms with van der Waals surface area (Å²) in [6.45, 7) is 12.7. The van der Waals surface area contributed by atoms with Gasteiger partial charge in [0.05, 0.1) is 23.0 Å². The summed E-state index contributed by atoms with van der Waals surface area (Å²) < 4.78 is 42.6. The summed E-state index contributed by atoms with van der Waals surface area (Å²) in [5.74, 6) is -0.0154. The maximum absolute atomic E-state index is 17.1. The van der Waals surface area contributed by atoms with E-state index in [9.17, 15) is 9.36 Å². The molecule has 50 heavy (non-hydrogen) atoms. The summed E-state index contributed by atoms with van der Waals surface area (Å²) in [6, 6.07) is 11.5. The van der Waals surface area contributed by atoms with E-state index in [1.165, 1.54) is 0 Å². The Bertz CT molecular complexity index is 2020. The first-order valence-corrected chi connectivity index (χ1v) is 20.5. The average Bonchev–Trinajstić information content (AvgIpc) is 3.73. The van der Waals surface area contributed by atoms with Crippen molar-refractivity contribution in [1.82, 2.24) is 24.8 Å². The molecule has 0 radical (unpaired) electrons. The molecule has 4 saturated heterocycles. The molecule has 10 nitrogen and oxygen atoms in total. The van der Waals surface area contributed by atoms with Crippen LogP contribution in [0.5, 0.6) is 6.01 Å². The highest BCUT2D eigenvalue weighted by atomic mass is 31.2. The highest BCUT2D eigenvalue weighted by Crippen LogP contribution is 2.42. The number of benzene rings is 2. The maximum atomic E-state index is 17.1. The Morgan fingerprint density at radius 1 is 1.02 bits per heavy atom. The van der Waals surface area contributed by atoms with Crippen molar-refractivity contribution >= 4 is 46.0 Å². The van der Waals surface area contributed by atoms with Crippen molar-refractivity contribution in [3.8, 4) is 17.3 Å². The number of pyridine rings is 1. The topological polar surface area (TPSA) is 101 Å². The van der Waals surface area contributed by atoms with E-state index in [2.05, 4.69) is 9.80 Å². The summed E-state index contributed by atoms with van der Waals surface area (Å²) in [6.07, 6.45) is 7.46. The van der Waals surface area contributed by atoms with Crippen molar-refractivity contribution in [3.63, 3.8) is 0 Å². The molecule has 4 aromatic rings. The predicted octanol–water partition coefficient (Wildman–Crippen LogP) is 6.83. The van der Waals surface area contributed by atoms with Crippen LogP contribution in [-0.4, -0.2) is 100 Å². The Morgan fingerprint density at radius 2 is 1.72 bits per heavy atom. The summed E-state index contributed by atoms with van der Waals surface area (Å²) in [4.78, 5) is 34.2. The summed E-state index contributed by atoms with van der Waals surface area (Å²) >= 11 is 0. The molecular weight excluding hydrogens is 654 g/mol. The van der Waals surface area contributed by atoms with Gasteiger partial charge in [-0.15, -0.1) is 0 Å². The lowest BCUT2D eigenvalue weighted by Gasteiger charge is -2.42. The first-order chi connectivity index (χ1) is 23.8. The number of rotatable bonds is 6. The number of piperazine rings is 1. The van der Waals surface area contributed by atoms with Crippen LogP contribution in [-0.2, 0) is 9.30 Å². The van der Waals surface area contributed by atoms with Crippen LogP contribution in [0.3, 0.4) is 0 Å². The lowest BCUT2D eigenvalue weighted by atomic mass is 9.95. The molecule has 0 saturated carbocycles. The number of aromatic nitrogens is 3. The summed E-state index contributed by atoms with van der Waals surface area (Å²) in [5.41, 5.74) is 0.222. The Morgan fingerprint density at radius 3 is 2.40 bits per heavy atom. The van der Waals surface area contributed by atoms with Crippen LogP contribution in [0.15, 0.2) is 42.6 Å². The van der Waals surface area contributed by atoms with Gasteiger partial charge in [0.15, 0.2) is 5.82 Å². The van der Waals surface area contributed by atoms with Crippen molar-refractivity contribution in [2.24, 2.45) is 0 Å². The first kappa shape index (κ1) is 33.3. The van der Waals surface area contributed by atoms with E-state index < -0.39 is 18.6 Å². The molecule has 0 spiro atoms. The number of carbonyl (C=O) groups is 1. The Balaban J connectivity index is 1.22. The van der Waals surface area contributed by atoms with Gasteiger partial charge in [-0.05, 0) is 109 Å². The first-order valence-electron chi connectivity index (χ1n) is 17.9. The number of hydrogen-bond acceptors (Lipinski definition) is 9. The van der Waals surface area contributed by atoms with Crippen LogP contribution in [0.25, 0.3) is 32.9 Å². The van der Waals surface area contributed by atoms with Crippen molar-refractivity contribution in [1.29, 1.82) is 0 Å². The second-order valence-electron chi connectivity index (χ2n) is 16.0. The zero-order valence-electron chi connectivity index (χ0n) is 29.6. The van der Waals surface area contributed by atoms with E-state index >= 15 is 4.39 Å². The fraction of sp³-hybridized carbons (Fsp3) is 0.526. The average molecular weight is 701 g/mol. The maximum Gasteiger partial charge on any atom is 0.410 e. The number of ether oxygens (including phenoxy) is 2. The van der Waals surface area contributed by atoms with E-state index in [-0.39, 0.29) is 40.9 Å². The normalized spacial score (nSPS) is 22.0. The number of amides is 1. The van der Waals surface area contributed by atoms with Gasteiger partial charge in [-0.25, -0.2) is 9.18 Å². The van der Waals surface area contributed by atoms with Crippen LogP contribution in [0, 0.1) is 5.82 Å². The molecule has 2 aromatic heterocycles. The second kappa shape index (κ2) is 12.2. The zero-order valence-corrected chi connectivity index (χ0v) is 30.5. The molecule has 6 heterocycles. The SMILES string of the molecule is CC(C)(C)OC(=O)N1[C@@H]2CC[C@H]1CN(c1nc(OCC34CCCN3CCC4)nc3c(F)c(-c4cc(P(C)(C)=O)cc5ccccc45)ncc13)C2. The van der Waals surface area contributed by atoms with Crippen molar-refractivity contribution in [2.45, 2.75) is 82.5 Å². The van der Waals surface area contributed by atoms with Crippen LogP contribution >= 0.6 is 7.14 Å². The standard InChI is InChI=1S/C38H46FN6O4P/c1-37(2,3)49-36(46)45-25-12-13-26(45)22-43(21-25)34-30-20-40-32(29-19-27(50(4,5)47)18-24-10-6-7-11-28(24)29)31(39)33(30)41-35(42-34)48-23-38-14-8-16-44(38)17-9-15-38/h6-7,10-11,18-20,25-26H,8-9,12-17,21-23H2,1-5H3/t25-,26+. The molecule has 2 aromatic carbocycles. The third kappa shape index (κ3) is 5.90. The van der Waals surface area contributed by atoms with Gasteiger partial charge in [-0.3, -0.25) is 14.8 Å². The number of halogens is 1. The zero-order chi connectivity index (χ0) is 35.0. The molecule has 4 aliphatic rings. The van der Waals surface area contributed by atoms with Crippen molar-refractivity contribution in [2.75, 3.05) is 51.0 Å². The highest BCUT2D eigenvalue weighted by molar-refractivity contribution is 7.70. The van der Waals surface area contributed by atoms with Gasteiger partial charge in [0.2, 0.25) is 0 Å². The number of hydrogen-bond donors (Lipinski definition) is 0. The Kier molecular flexibility index (Phi) is 8.10. The van der Waals surface area contributed by atoms with Crippen LogP contribution in [0.1, 0.15) is 59.3 Å². The van der Waals surface area contributed by atoms with Crippen molar-refractivity contribution < 1.29 is 23.2 Å². The molecule has 8 rings (SSSR count). The van der Waals surface area contributed by atoms with Gasteiger partial charge in [0.25, 0.3) is 0 Å². The smallest absolute Gasteiger partial charge is 0.410 e. The van der Waals surface area contributed by atoms with Gasteiger partial charge in [0.1, 0.15) is 36.4 Å². The highest BCUT2D eigenvalue weighted by Gasteiger charge is 2.46.